The molecule has 0 bridgehead atoms. The molecule has 1 fully saturated rings. The molecule has 1 aliphatic rings. The number of hydrogen-bond donors (Lipinski definition) is 2. The van der Waals surface area contributed by atoms with Crippen molar-refractivity contribution in [2.24, 2.45) is 11.7 Å². The van der Waals surface area contributed by atoms with Crippen LogP contribution in [0.1, 0.15) is 30.7 Å². The van der Waals surface area contributed by atoms with E-state index in [0.29, 0.717) is 11.7 Å². The summed E-state index contributed by atoms with van der Waals surface area (Å²) in [5.41, 5.74) is 7.38. The number of aromatic hydroxyl groups is 1. The quantitative estimate of drug-likeness (QED) is 0.852. The van der Waals surface area contributed by atoms with E-state index in [1.54, 1.807) is 6.07 Å². The summed E-state index contributed by atoms with van der Waals surface area (Å²) in [5.74, 6) is 1.01. The molecule has 0 aromatic carbocycles. The number of likely N-dealkylation sites (tertiary alicyclic amines) is 1. The first kappa shape index (κ1) is 13.3. The van der Waals surface area contributed by atoms with Gasteiger partial charge < -0.3 is 10.8 Å². The van der Waals surface area contributed by atoms with Crippen molar-refractivity contribution in [1.82, 2.24) is 9.88 Å². The Morgan fingerprint density at radius 2 is 2.33 bits per heavy atom. The first-order chi connectivity index (χ1) is 8.69. The Balaban J connectivity index is 1.98. The minimum atomic E-state index is 0.307. The summed E-state index contributed by atoms with van der Waals surface area (Å²) in [5, 5.41) is 9.83. The second-order valence-corrected chi connectivity index (χ2v) is 5.24. The van der Waals surface area contributed by atoms with Crippen molar-refractivity contribution < 1.29 is 5.11 Å². The highest BCUT2D eigenvalue weighted by Crippen LogP contribution is 2.23. The molecule has 1 atom stereocenters. The van der Waals surface area contributed by atoms with E-state index in [2.05, 4.69) is 9.88 Å². The number of rotatable bonds is 4. The number of hydrogen-bond acceptors (Lipinski definition) is 4. The van der Waals surface area contributed by atoms with Gasteiger partial charge in [0.1, 0.15) is 5.75 Å². The van der Waals surface area contributed by atoms with Crippen molar-refractivity contribution in [2.45, 2.75) is 32.7 Å². The second-order valence-electron chi connectivity index (χ2n) is 5.24. The van der Waals surface area contributed by atoms with Crippen molar-refractivity contribution in [2.75, 3.05) is 19.6 Å². The predicted molar refractivity (Wildman–Crippen MR) is 72.3 cm³/mol. The zero-order valence-electron chi connectivity index (χ0n) is 11.1. The van der Waals surface area contributed by atoms with E-state index in [4.69, 9.17) is 5.73 Å². The highest BCUT2D eigenvalue weighted by Gasteiger charge is 2.20. The first-order valence-corrected chi connectivity index (χ1v) is 6.77. The largest absolute Gasteiger partial charge is 0.506 e. The maximum atomic E-state index is 9.83. The molecule has 0 amide bonds. The van der Waals surface area contributed by atoms with Gasteiger partial charge in [-0.05, 0) is 57.3 Å². The number of piperidine rings is 1. The molecule has 4 heteroatoms. The Morgan fingerprint density at radius 3 is 3.11 bits per heavy atom. The van der Waals surface area contributed by atoms with Crippen LogP contribution in [0.3, 0.4) is 0 Å². The Morgan fingerprint density at radius 1 is 1.50 bits per heavy atom. The molecule has 0 spiro atoms. The maximum absolute atomic E-state index is 9.83. The molecule has 1 aromatic heterocycles. The lowest BCUT2D eigenvalue weighted by Crippen LogP contribution is -2.35. The molecule has 1 unspecified atom stereocenters. The fraction of sp³-hybridized carbons (Fsp3) is 0.643. The van der Waals surface area contributed by atoms with Gasteiger partial charge >= 0.3 is 0 Å². The molecule has 1 saturated heterocycles. The van der Waals surface area contributed by atoms with E-state index in [0.717, 1.165) is 44.0 Å². The van der Waals surface area contributed by atoms with Gasteiger partial charge in [0, 0.05) is 18.8 Å². The molecule has 1 aliphatic heterocycles. The van der Waals surface area contributed by atoms with Crippen LogP contribution < -0.4 is 5.73 Å². The fourth-order valence-electron chi connectivity index (χ4n) is 2.70. The minimum absolute atomic E-state index is 0.307. The average molecular weight is 249 g/mol. The summed E-state index contributed by atoms with van der Waals surface area (Å²) in [4.78, 5) is 6.80. The van der Waals surface area contributed by atoms with Gasteiger partial charge in [-0.3, -0.25) is 9.88 Å². The average Bonchev–Trinajstić information content (AvgIpc) is 2.35. The highest BCUT2D eigenvalue weighted by molar-refractivity contribution is 5.27. The van der Waals surface area contributed by atoms with Crippen molar-refractivity contribution in [3.8, 4) is 5.75 Å². The topological polar surface area (TPSA) is 62.4 Å². The van der Waals surface area contributed by atoms with Gasteiger partial charge in [-0.25, -0.2) is 0 Å². The molecule has 0 saturated carbocycles. The van der Waals surface area contributed by atoms with Crippen molar-refractivity contribution >= 4 is 0 Å². The van der Waals surface area contributed by atoms with E-state index < -0.39 is 0 Å². The van der Waals surface area contributed by atoms with Gasteiger partial charge in [-0.15, -0.1) is 0 Å². The number of pyridine rings is 1. The van der Waals surface area contributed by atoms with E-state index in [1.807, 2.05) is 13.0 Å². The zero-order chi connectivity index (χ0) is 13.0. The predicted octanol–water partition coefficient (Wildman–Crippen LogP) is 1.66. The number of aryl methyl sites for hydroxylation is 1. The molecule has 0 aliphatic carbocycles. The Labute approximate surface area is 109 Å². The molecule has 0 radical (unpaired) electrons. The number of nitrogens with two attached hydrogens (primary N) is 1. The minimum Gasteiger partial charge on any atom is -0.506 e. The first-order valence-electron chi connectivity index (χ1n) is 6.77. The van der Waals surface area contributed by atoms with E-state index in [-0.39, 0.29) is 0 Å². The van der Waals surface area contributed by atoms with Gasteiger partial charge in [0.2, 0.25) is 0 Å². The summed E-state index contributed by atoms with van der Waals surface area (Å²) in [6.45, 7) is 5.64. The third kappa shape index (κ3) is 3.43. The van der Waals surface area contributed by atoms with E-state index >= 15 is 0 Å². The lowest BCUT2D eigenvalue weighted by Gasteiger charge is -2.32. The Hall–Kier alpha value is -1.13. The monoisotopic (exact) mass is 249 g/mol. The van der Waals surface area contributed by atoms with Gasteiger partial charge in [-0.2, -0.15) is 0 Å². The SMILES string of the molecule is Cc1ccc(O)c(CN2CCCC(CCN)C2)n1. The van der Waals surface area contributed by atoms with Crippen LogP contribution in [0.15, 0.2) is 12.1 Å². The maximum Gasteiger partial charge on any atom is 0.138 e. The molecule has 3 N–H and O–H groups in total. The molecular formula is C14H23N3O. The Kier molecular flexibility index (Phi) is 4.55. The van der Waals surface area contributed by atoms with Crippen molar-refractivity contribution in [3.05, 3.63) is 23.5 Å². The van der Waals surface area contributed by atoms with Gasteiger partial charge in [-0.1, -0.05) is 0 Å². The standard InChI is InChI=1S/C14H23N3O/c1-11-4-5-14(18)13(16-11)10-17-8-2-3-12(9-17)6-7-15/h4-5,12,18H,2-3,6-10,15H2,1H3. The third-order valence-electron chi connectivity index (χ3n) is 3.64. The molecule has 4 nitrogen and oxygen atoms in total. The normalized spacial score (nSPS) is 21.1. The van der Waals surface area contributed by atoms with Gasteiger partial charge in [0.25, 0.3) is 0 Å². The molecule has 2 rings (SSSR count). The van der Waals surface area contributed by atoms with Crippen LogP contribution in [0.4, 0.5) is 0 Å². The van der Waals surface area contributed by atoms with Crippen LogP contribution >= 0.6 is 0 Å². The molecular weight excluding hydrogens is 226 g/mol. The fourth-order valence-corrected chi connectivity index (χ4v) is 2.70. The van der Waals surface area contributed by atoms with Crippen molar-refractivity contribution in [1.29, 1.82) is 0 Å². The van der Waals surface area contributed by atoms with Crippen LogP contribution in [0.25, 0.3) is 0 Å². The summed E-state index contributed by atoms with van der Waals surface area (Å²) < 4.78 is 0. The zero-order valence-corrected chi connectivity index (χ0v) is 11.1. The number of aromatic nitrogens is 1. The van der Waals surface area contributed by atoms with Crippen LogP contribution in [0, 0.1) is 12.8 Å². The van der Waals surface area contributed by atoms with Gasteiger partial charge in [0.15, 0.2) is 0 Å². The lowest BCUT2D eigenvalue weighted by molar-refractivity contribution is 0.160. The molecule has 100 valence electrons. The molecule has 1 aromatic rings. The van der Waals surface area contributed by atoms with E-state index in [9.17, 15) is 5.11 Å². The highest BCUT2D eigenvalue weighted by atomic mass is 16.3. The number of nitrogens with zero attached hydrogens (tertiary/aromatic N) is 2. The van der Waals surface area contributed by atoms with Crippen LogP contribution in [0.5, 0.6) is 5.75 Å². The van der Waals surface area contributed by atoms with Crippen LogP contribution in [0.2, 0.25) is 0 Å². The summed E-state index contributed by atoms with van der Waals surface area (Å²) >= 11 is 0. The van der Waals surface area contributed by atoms with Crippen LogP contribution in [-0.2, 0) is 6.54 Å². The summed E-state index contributed by atoms with van der Waals surface area (Å²) in [6, 6.07) is 3.57. The third-order valence-corrected chi connectivity index (χ3v) is 3.64. The van der Waals surface area contributed by atoms with Crippen LogP contribution in [-0.4, -0.2) is 34.6 Å². The van der Waals surface area contributed by atoms with E-state index in [1.165, 1.54) is 12.8 Å². The second kappa shape index (κ2) is 6.16. The Bertz CT molecular complexity index is 393. The molecule has 2 heterocycles. The van der Waals surface area contributed by atoms with Crippen molar-refractivity contribution in [3.63, 3.8) is 0 Å². The lowest BCUT2D eigenvalue weighted by atomic mass is 9.95. The van der Waals surface area contributed by atoms with Gasteiger partial charge in [0.05, 0.1) is 5.69 Å². The summed E-state index contributed by atoms with van der Waals surface area (Å²) in [6.07, 6.45) is 3.60. The summed E-state index contributed by atoms with van der Waals surface area (Å²) in [7, 11) is 0. The smallest absolute Gasteiger partial charge is 0.138 e. The molecule has 18 heavy (non-hydrogen) atoms.